The van der Waals surface area contributed by atoms with Crippen LogP contribution in [0.2, 0.25) is 0 Å². The Balaban J connectivity index is 1.68. The van der Waals surface area contributed by atoms with Crippen molar-refractivity contribution in [3.05, 3.63) is 82.9 Å². The van der Waals surface area contributed by atoms with E-state index in [1.807, 2.05) is 0 Å². The molecule has 22 nitrogen and oxygen atoms in total. The molecule has 0 aromatic heterocycles. The number of carbonyl (C=O) groups is 9. The fourth-order valence-corrected chi connectivity index (χ4v) is 11.6. The molecule has 1 N–H and O–H groups in total. The quantitative estimate of drug-likeness (QED) is 0.0844. The normalized spacial score (nSPS) is 27.2. The first-order chi connectivity index (χ1) is 38.6. The van der Waals surface area contributed by atoms with Gasteiger partial charge in [-0.05, 0) is 84.2 Å². The molecule has 1 aliphatic heterocycles. The Bertz CT molecular complexity index is 2870. The summed E-state index contributed by atoms with van der Waals surface area (Å²) in [5, 5.41) is 14.3. The lowest BCUT2D eigenvalue weighted by molar-refractivity contribution is -0.346. The number of alkyl halides is 6. The summed E-state index contributed by atoms with van der Waals surface area (Å²) in [6.07, 6.45) is -19.2. The summed E-state index contributed by atoms with van der Waals surface area (Å²) in [4.78, 5) is 131. The summed E-state index contributed by atoms with van der Waals surface area (Å²) in [5.41, 5.74) is -12.6. The number of hydrogen-bond acceptors (Lipinski definition) is 21. The Morgan fingerprint density at radius 2 is 1.24 bits per heavy atom. The molecule has 1 saturated heterocycles. The Hall–Kier alpha value is -5.33. The molecular formula is C56H65Cl6NO21. The maximum Gasteiger partial charge on any atom is 0.509 e. The summed E-state index contributed by atoms with van der Waals surface area (Å²) >= 11 is 35.6. The van der Waals surface area contributed by atoms with Crippen LogP contribution >= 0.6 is 69.6 Å². The van der Waals surface area contributed by atoms with Crippen molar-refractivity contribution in [3.8, 4) is 0 Å². The summed E-state index contributed by atoms with van der Waals surface area (Å²) in [6, 6.07) is 12.8. The van der Waals surface area contributed by atoms with Crippen molar-refractivity contribution < 1.29 is 100 Å². The van der Waals surface area contributed by atoms with Gasteiger partial charge in [-0.25, -0.2) is 33.7 Å². The van der Waals surface area contributed by atoms with Gasteiger partial charge in [-0.15, -0.1) is 0 Å². The largest absolute Gasteiger partial charge is 0.509 e. The number of fused-ring (bicyclic) bond motifs is 5. The summed E-state index contributed by atoms with van der Waals surface area (Å²) in [5.74, 6) is -7.88. The molecule has 2 saturated carbocycles. The van der Waals surface area contributed by atoms with Gasteiger partial charge in [-0.1, -0.05) is 132 Å². The van der Waals surface area contributed by atoms with Gasteiger partial charge in [-0.3, -0.25) is 14.4 Å². The van der Waals surface area contributed by atoms with Crippen LogP contribution in [-0.4, -0.2) is 151 Å². The van der Waals surface area contributed by atoms with Crippen LogP contribution in [0.4, 0.5) is 19.2 Å². The van der Waals surface area contributed by atoms with Crippen LogP contribution in [0.15, 0.2) is 71.8 Å². The number of rotatable bonds is 13. The van der Waals surface area contributed by atoms with Gasteiger partial charge in [0.05, 0.1) is 23.5 Å². The van der Waals surface area contributed by atoms with Crippen molar-refractivity contribution in [1.82, 2.24) is 4.90 Å². The van der Waals surface area contributed by atoms with Gasteiger partial charge in [0.25, 0.3) is 0 Å². The van der Waals surface area contributed by atoms with Gasteiger partial charge < -0.3 is 57.2 Å². The van der Waals surface area contributed by atoms with E-state index in [4.69, 9.17) is 122 Å². The van der Waals surface area contributed by atoms with Crippen molar-refractivity contribution >= 4 is 124 Å². The van der Waals surface area contributed by atoms with E-state index in [0.29, 0.717) is 4.90 Å². The van der Waals surface area contributed by atoms with E-state index in [-0.39, 0.29) is 22.3 Å². The Kier molecular flexibility index (Phi) is 20.3. The van der Waals surface area contributed by atoms with Crippen LogP contribution in [0.3, 0.4) is 0 Å². The maximum atomic E-state index is 16.5. The third-order valence-corrected chi connectivity index (χ3v) is 15.4. The zero-order valence-corrected chi connectivity index (χ0v) is 52.3. The standard InChI is InChI=1S/C56H65Cl6NO21/c1-28-33(78-44(68)39(77-29(2)64)37(31-19-15-13-16-20-31)63(45(69)83-49(4,5)6)46(70)84-50(7,8)9)24-54(73)42(81-43(67)32-21-17-14-18-22-32)40-52(12,41(66)38(36(28)51(54,10)11)80-48(72)76-27-56(60,61)62)34(79-47(71)75-26-55(57,58)59)23-35-53(40,25-74-35)82-30(3)65/h13-22,33-35,37-40,42,73H,23-27H2,1-12H3/t33-,34-,35+,37?,38+,39+,40?,42-,52+,53-,54+/m0/s1. The average molecular weight is 1300 g/mol. The number of Topliss-reactive ketones (excluding diaryl/α,β-unsaturated/α-hetero) is 1. The number of amides is 2. The first kappa shape index (κ1) is 67.8. The minimum absolute atomic E-state index is 0.000971. The minimum Gasteiger partial charge on any atom is -0.455 e. The van der Waals surface area contributed by atoms with Crippen LogP contribution in [0.1, 0.15) is 118 Å². The number of aliphatic hydroxyl groups is 1. The summed E-state index contributed by atoms with van der Waals surface area (Å²) in [6.45, 7) is 13.9. The number of esters is 4. The number of benzene rings is 2. The Labute approximate surface area is 514 Å². The number of halogens is 6. The number of imide groups is 1. The topological polar surface area (TPSA) is 279 Å². The SMILES string of the molecule is CC(=O)O[C@@H](C(=O)O[C@H]1C[C@@]2(O)[C@@H](OC(=O)c3ccccc3)C3[C@](C)(C(=O)[C@H](OC(=O)OCC(Cl)(Cl)Cl)C(=C1C)C2(C)C)[C@@H](OC(=O)OCC(Cl)(Cl)Cl)C[C@H]1OC[C@@]31OC(C)=O)C(c1ccccc1)N(C(=O)OC(C)(C)C)C(=O)OC(C)(C)C. The van der Waals surface area contributed by atoms with Gasteiger partial charge in [0.15, 0.2) is 17.5 Å². The van der Waals surface area contributed by atoms with Crippen LogP contribution < -0.4 is 0 Å². The molecule has 462 valence electrons. The minimum atomic E-state index is -2.78. The summed E-state index contributed by atoms with van der Waals surface area (Å²) in [7, 11) is 0. The highest BCUT2D eigenvalue weighted by Gasteiger charge is 2.79. The molecule has 2 aromatic rings. The lowest BCUT2D eigenvalue weighted by Crippen LogP contribution is -2.82. The molecule has 3 aliphatic carbocycles. The second-order valence-electron chi connectivity index (χ2n) is 23.3. The number of ketones is 1. The molecule has 2 amide bonds. The van der Waals surface area contributed by atoms with Gasteiger partial charge in [-0.2, -0.15) is 0 Å². The van der Waals surface area contributed by atoms with Crippen molar-refractivity contribution in [2.75, 3.05) is 19.8 Å². The highest BCUT2D eigenvalue weighted by atomic mass is 35.6. The lowest BCUT2D eigenvalue weighted by Gasteiger charge is -2.67. The van der Waals surface area contributed by atoms with Crippen molar-refractivity contribution in [1.29, 1.82) is 0 Å². The van der Waals surface area contributed by atoms with Crippen LogP contribution in [0, 0.1) is 16.7 Å². The van der Waals surface area contributed by atoms with Crippen molar-refractivity contribution in [3.63, 3.8) is 0 Å². The molecule has 84 heavy (non-hydrogen) atoms. The van der Waals surface area contributed by atoms with E-state index in [1.165, 1.54) is 118 Å². The van der Waals surface area contributed by atoms with Gasteiger partial charge in [0.1, 0.15) is 60.5 Å². The van der Waals surface area contributed by atoms with Gasteiger partial charge >= 0.3 is 48.4 Å². The molecule has 2 aromatic carbocycles. The fraction of sp³-hybridized carbons (Fsp3) is 0.589. The molecule has 2 unspecified atom stereocenters. The third kappa shape index (κ3) is 14.9. The first-order valence-electron chi connectivity index (χ1n) is 26.1. The van der Waals surface area contributed by atoms with Gasteiger partial charge in [0.2, 0.25) is 13.7 Å². The first-order valence-corrected chi connectivity index (χ1v) is 28.4. The number of nitrogens with zero attached hydrogens (tertiary/aromatic N) is 1. The predicted molar refractivity (Wildman–Crippen MR) is 299 cm³/mol. The number of ether oxygens (including phenoxy) is 11. The maximum absolute atomic E-state index is 16.5. The third-order valence-electron chi connectivity index (χ3n) is 14.7. The van der Waals surface area contributed by atoms with Crippen LogP contribution in [-0.2, 0) is 71.3 Å². The summed E-state index contributed by atoms with van der Waals surface area (Å²) < 4.78 is 60.1. The van der Waals surface area contributed by atoms with E-state index in [0.717, 1.165) is 13.8 Å². The van der Waals surface area contributed by atoms with E-state index in [1.54, 1.807) is 12.1 Å². The number of carbonyl (C=O) groups excluding carboxylic acids is 9. The second kappa shape index (κ2) is 25.2. The smallest absolute Gasteiger partial charge is 0.455 e. The monoisotopic (exact) mass is 1300 g/mol. The molecule has 0 radical (unpaired) electrons. The van der Waals surface area contributed by atoms with Crippen molar-refractivity contribution in [2.45, 2.75) is 169 Å². The van der Waals surface area contributed by atoms with E-state index in [2.05, 4.69) is 0 Å². The predicted octanol–water partition coefficient (Wildman–Crippen LogP) is 10.5. The number of hydrogen-bond donors (Lipinski definition) is 1. The molecular weight excluding hydrogens is 1240 g/mol. The molecule has 2 bridgehead atoms. The van der Waals surface area contributed by atoms with E-state index >= 15 is 9.59 Å². The molecule has 3 fully saturated rings. The zero-order chi connectivity index (χ0) is 63.1. The lowest BCUT2D eigenvalue weighted by atomic mass is 9.44. The zero-order valence-electron chi connectivity index (χ0n) is 47.8. The molecule has 1 heterocycles. The molecule has 0 spiro atoms. The van der Waals surface area contributed by atoms with Gasteiger partial charge in [0, 0.05) is 32.1 Å². The van der Waals surface area contributed by atoms with Crippen LogP contribution in [0.25, 0.3) is 0 Å². The Morgan fingerprint density at radius 3 is 1.70 bits per heavy atom. The van der Waals surface area contributed by atoms with E-state index in [9.17, 15) is 38.7 Å². The molecule has 28 heteroatoms. The van der Waals surface area contributed by atoms with E-state index < -0.39 is 176 Å². The average Bonchev–Trinajstić information content (AvgIpc) is 0.676. The molecule has 11 atom stereocenters. The van der Waals surface area contributed by atoms with Crippen molar-refractivity contribution in [2.24, 2.45) is 16.7 Å². The highest BCUT2D eigenvalue weighted by Crippen LogP contribution is 2.65. The fourth-order valence-electron chi connectivity index (χ4n) is 11.2. The Morgan fingerprint density at radius 1 is 0.726 bits per heavy atom. The van der Waals surface area contributed by atoms with Crippen LogP contribution in [0.5, 0.6) is 0 Å². The highest BCUT2D eigenvalue weighted by molar-refractivity contribution is 6.68. The second-order valence-corrected chi connectivity index (χ2v) is 28.3. The molecule has 6 rings (SSSR count). The molecule has 4 aliphatic rings.